The van der Waals surface area contributed by atoms with Gasteiger partial charge in [0.2, 0.25) is 0 Å². The van der Waals surface area contributed by atoms with E-state index in [1.165, 1.54) is 0 Å². The van der Waals surface area contributed by atoms with E-state index >= 15 is 0 Å². The summed E-state index contributed by atoms with van der Waals surface area (Å²) in [6, 6.07) is 5.61. The molecular formula is C14H19N3O2. The summed E-state index contributed by atoms with van der Waals surface area (Å²) >= 11 is 0. The van der Waals surface area contributed by atoms with Gasteiger partial charge in [-0.05, 0) is 18.6 Å². The molecule has 0 radical (unpaired) electrons. The SMILES string of the molecule is COc1cc(C)ccc1C(N)c1c(OC)cnn1C. The number of rotatable bonds is 4. The first kappa shape index (κ1) is 13.4. The van der Waals surface area contributed by atoms with Crippen LogP contribution in [0.25, 0.3) is 0 Å². The zero-order valence-corrected chi connectivity index (χ0v) is 11.7. The number of benzene rings is 1. The molecule has 102 valence electrons. The number of aromatic nitrogens is 2. The molecule has 2 aromatic rings. The average Bonchev–Trinajstić information content (AvgIpc) is 2.78. The van der Waals surface area contributed by atoms with E-state index in [9.17, 15) is 0 Å². The topological polar surface area (TPSA) is 62.3 Å². The van der Waals surface area contributed by atoms with Crippen molar-refractivity contribution in [2.75, 3.05) is 14.2 Å². The monoisotopic (exact) mass is 261 g/mol. The lowest BCUT2D eigenvalue weighted by Crippen LogP contribution is -2.17. The maximum atomic E-state index is 6.34. The van der Waals surface area contributed by atoms with Crippen LogP contribution in [0.2, 0.25) is 0 Å². The van der Waals surface area contributed by atoms with Gasteiger partial charge in [-0.2, -0.15) is 5.10 Å². The lowest BCUT2D eigenvalue weighted by Gasteiger charge is -2.17. The first-order valence-corrected chi connectivity index (χ1v) is 6.04. The fraction of sp³-hybridized carbons (Fsp3) is 0.357. The van der Waals surface area contributed by atoms with Crippen molar-refractivity contribution < 1.29 is 9.47 Å². The van der Waals surface area contributed by atoms with Crippen molar-refractivity contribution in [1.29, 1.82) is 0 Å². The highest BCUT2D eigenvalue weighted by Crippen LogP contribution is 2.33. The second-order valence-electron chi connectivity index (χ2n) is 4.44. The molecule has 0 amide bonds. The lowest BCUT2D eigenvalue weighted by molar-refractivity contribution is 0.398. The molecule has 0 aliphatic heterocycles. The van der Waals surface area contributed by atoms with Crippen molar-refractivity contribution in [3.05, 3.63) is 41.2 Å². The molecule has 1 unspecified atom stereocenters. The highest BCUT2D eigenvalue weighted by atomic mass is 16.5. The van der Waals surface area contributed by atoms with Gasteiger partial charge < -0.3 is 15.2 Å². The molecule has 19 heavy (non-hydrogen) atoms. The van der Waals surface area contributed by atoms with Crippen molar-refractivity contribution in [2.24, 2.45) is 12.8 Å². The molecule has 1 aromatic carbocycles. The minimum absolute atomic E-state index is 0.349. The standard InChI is InChI=1S/C14H19N3O2/c1-9-5-6-10(11(7-9)18-3)13(15)14-12(19-4)8-16-17(14)2/h5-8,13H,15H2,1-4H3. The van der Waals surface area contributed by atoms with Crippen LogP contribution in [0.3, 0.4) is 0 Å². The summed E-state index contributed by atoms with van der Waals surface area (Å²) in [5.41, 5.74) is 9.21. The Labute approximate surface area is 112 Å². The number of nitrogens with zero attached hydrogens (tertiary/aromatic N) is 2. The van der Waals surface area contributed by atoms with Crippen molar-refractivity contribution in [3.63, 3.8) is 0 Å². The van der Waals surface area contributed by atoms with E-state index < -0.39 is 0 Å². The van der Waals surface area contributed by atoms with Crippen LogP contribution in [0.5, 0.6) is 11.5 Å². The Morgan fingerprint density at radius 1 is 1.21 bits per heavy atom. The van der Waals surface area contributed by atoms with Crippen LogP contribution in [-0.4, -0.2) is 24.0 Å². The normalized spacial score (nSPS) is 12.3. The fourth-order valence-corrected chi connectivity index (χ4v) is 2.16. The molecule has 0 spiro atoms. The van der Waals surface area contributed by atoms with Gasteiger partial charge in [0.15, 0.2) is 5.75 Å². The first-order valence-electron chi connectivity index (χ1n) is 6.04. The molecular weight excluding hydrogens is 242 g/mol. The minimum atomic E-state index is -0.349. The molecule has 0 fully saturated rings. The molecule has 0 bridgehead atoms. The van der Waals surface area contributed by atoms with Gasteiger partial charge in [-0.25, -0.2) is 0 Å². The van der Waals surface area contributed by atoms with Crippen LogP contribution < -0.4 is 15.2 Å². The van der Waals surface area contributed by atoms with E-state index in [0.717, 1.165) is 22.6 Å². The molecule has 2 rings (SSSR count). The highest BCUT2D eigenvalue weighted by Gasteiger charge is 2.21. The Morgan fingerprint density at radius 2 is 1.89 bits per heavy atom. The third-order valence-corrected chi connectivity index (χ3v) is 3.19. The van der Waals surface area contributed by atoms with Crippen molar-refractivity contribution in [2.45, 2.75) is 13.0 Å². The molecule has 1 atom stereocenters. The van der Waals surface area contributed by atoms with Crippen LogP contribution in [0.4, 0.5) is 0 Å². The summed E-state index contributed by atoms with van der Waals surface area (Å²) in [5.74, 6) is 1.45. The third kappa shape index (κ3) is 2.42. The first-order chi connectivity index (χ1) is 9.08. The zero-order valence-electron chi connectivity index (χ0n) is 11.7. The molecule has 1 aromatic heterocycles. The van der Waals surface area contributed by atoms with Crippen LogP contribution in [0.1, 0.15) is 22.9 Å². The van der Waals surface area contributed by atoms with Gasteiger partial charge >= 0.3 is 0 Å². The Kier molecular flexibility index (Phi) is 3.76. The lowest BCUT2D eigenvalue weighted by atomic mass is 10.0. The summed E-state index contributed by atoms with van der Waals surface area (Å²) in [4.78, 5) is 0. The second kappa shape index (κ2) is 5.32. The summed E-state index contributed by atoms with van der Waals surface area (Å²) in [6.07, 6.45) is 1.66. The smallest absolute Gasteiger partial charge is 0.161 e. The molecule has 0 aliphatic rings. The van der Waals surface area contributed by atoms with E-state index in [2.05, 4.69) is 5.10 Å². The Morgan fingerprint density at radius 3 is 2.53 bits per heavy atom. The highest BCUT2D eigenvalue weighted by molar-refractivity contribution is 5.45. The maximum Gasteiger partial charge on any atom is 0.161 e. The summed E-state index contributed by atoms with van der Waals surface area (Å²) in [6.45, 7) is 2.02. The quantitative estimate of drug-likeness (QED) is 0.911. The molecule has 0 saturated carbocycles. The molecule has 0 aliphatic carbocycles. The summed E-state index contributed by atoms with van der Waals surface area (Å²) < 4.78 is 12.4. The van der Waals surface area contributed by atoms with Gasteiger partial charge in [0.25, 0.3) is 0 Å². The van der Waals surface area contributed by atoms with Crippen LogP contribution in [0.15, 0.2) is 24.4 Å². The van der Waals surface area contributed by atoms with E-state index in [4.69, 9.17) is 15.2 Å². The predicted octanol–water partition coefficient (Wildman–Crippen LogP) is 1.79. The molecule has 0 saturated heterocycles. The second-order valence-corrected chi connectivity index (χ2v) is 4.44. The van der Waals surface area contributed by atoms with Gasteiger partial charge in [-0.3, -0.25) is 4.68 Å². The van der Waals surface area contributed by atoms with E-state index in [-0.39, 0.29) is 6.04 Å². The fourth-order valence-electron chi connectivity index (χ4n) is 2.16. The zero-order chi connectivity index (χ0) is 14.0. The van der Waals surface area contributed by atoms with Crippen LogP contribution >= 0.6 is 0 Å². The third-order valence-electron chi connectivity index (χ3n) is 3.19. The van der Waals surface area contributed by atoms with E-state index in [1.54, 1.807) is 25.1 Å². The number of ether oxygens (including phenoxy) is 2. The van der Waals surface area contributed by atoms with Gasteiger partial charge in [0.1, 0.15) is 11.4 Å². The van der Waals surface area contributed by atoms with E-state index in [0.29, 0.717) is 5.75 Å². The van der Waals surface area contributed by atoms with E-state index in [1.807, 2.05) is 32.2 Å². The molecule has 2 N–H and O–H groups in total. The predicted molar refractivity (Wildman–Crippen MR) is 73.5 cm³/mol. The van der Waals surface area contributed by atoms with Gasteiger partial charge in [0, 0.05) is 12.6 Å². The van der Waals surface area contributed by atoms with Crippen LogP contribution in [0, 0.1) is 6.92 Å². The Balaban J connectivity index is 2.49. The number of hydrogen-bond donors (Lipinski definition) is 1. The molecule has 1 heterocycles. The Hall–Kier alpha value is -2.01. The molecule has 5 nitrogen and oxygen atoms in total. The number of methoxy groups -OCH3 is 2. The number of aryl methyl sites for hydroxylation is 2. The largest absolute Gasteiger partial charge is 0.496 e. The molecule has 5 heteroatoms. The summed E-state index contributed by atoms with van der Waals surface area (Å²) in [7, 11) is 5.10. The Bertz CT molecular complexity index is 578. The van der Waals surface area contributed by atoms with Crippen molar-refractivity contribution >= 4 is 0 Å². The maximum absolute atomic E-state index is 6.34. The average molecular weight is 261 g/mol. The van der Waals surface area contributed by atoms with Crippen molar-refractivity contribution in [1.82, 2.24) is 9.78 Å². The summed E-state index contributed by atoms with van der Waals surface area (Å²) in [5, 5.41) is 4.18. The van der Waals surface area contributed by atoms with Crippen LogP contribution in [-0.2, 0) is 7.05 Å². The van der Waals surface area contributed by atoms with Gasteiger partial charge in [0.05, 0.1) is 26.5 Å². The van der Waals surface area contributed by atoms with Crippen molar-refractivity contribution in [3.8, 4) is 11.5 Å². The minimum Gasteiger partial charge on any atom is -0.496 e. The van der Waals surface area contributed by atoms with Gasteiger partial charge in [-0.15, -0.1) is 0 Å². The number of nitrogens with two attached hydrogens (primary N) is 1. The number of hydrogen-bond acceptors (Lipinski definition) is 4. The van der Waals surface area contributed by atoms with Gasteiger partial charge in [-0.1, -0.05) is 12.1 Å².